The van der Waals surface area contributed by atoms with E-state index in [9.17, 15) is 13.2 Å². The molecular formula is C16H16O6S. The van der Waals surface area contributed by atoms with Crippen LogP contribution >= 0.6 is 0 Å². The third-order valence-electron chi connectivity index (χ3n) is 2.93. The maximum Gasteiger partial charge on any atom is 0.330 e. The van der Waals surface area contributed by atoms with Crippen molar-refractivity contribution in [1.29, 1.82) is 0 Å². The number of methoxy groups -OCH3 is 1. The van der Waals surface area contributed by atoms with Gasteiger partial charge in [-0.2, -0.15) is 8.42 Å². The van der Waals surface area contributed by atoms with E-state index in [1.165, 1.54) is 31.4 Å². The van der Waals surface area contributed by atoms with Crippen molar-refractivity contribution in [1.82, 2.24) is 0 Å². The summed E-state index contributed by atoms with van der Waals surface area (Å²) in [5.41, 5.74) is 0.956. The molecule has 2 rings (SSSR count). The molecule has 0 atom stereocenters. The highest BCUT2D eigenvalue weighted by Crippen LogP contribution is 2.17. The van der Waals surface area contributed by atoms with Gasteiger partial charge in [0, 0.05) is 6.08 Å². The molecule has 0 unspecified atom stereocenters. The van der Waals surface area contributed by atoms with E-state index in [2.05, 4.69) is 4.74 Å². The summed E-state index contributed by atoms with van der Waals surface area (Å²) >= 11 is 0. The van der Waals surface area contributed by atoms with Crippen LogP contribution in [0.3, 0.4) is 0 Å². The van der Waals surface area contributed by atoms with Gasteiger partial charge in [0.2, 0.25) is 0 Å². The molecule has 2 aromatic rings. The van der Waals surface area contributed by atoms with Crippen molar-refractivity contribution in [2.45, 2.75) is 18.4 Å². The molecule has 0 N–H and O–H groups in total. The Bertz CT molecular complexity index is 799. The van der Waals surface area contributed by atoms with Crippen LogP contribution in [-0.2, 0) is 30.4 Å². The lowest BCUT2D eigenvalue weighted by molar-refractivity contribution is -0.134. The molecule has 1 aromatic heterocycles. The summed E-state index contributed by atoms with van der Waals surface area (Å²) in [7, 11) is -2.58. The Labute approximate surface area is 134 Å². The predicted molar refractivity (Wildman–Crippen MR) is 82.9 cm³/mol. The van der Waals surface area contributed by atoms with Crippen LogP contribution < -0.4 is 0 Å². The molecule has 6 nitrogen and oxygen atoms in total. The molecule has 0 saturated carbocycles. The number of aryl methyl sites for hydroxylation is 1. The molecule has 1 heterocycles. The lowest BCUT2D eigenvalue weighted by Gasteiger charge is -2.04. The molecule has 7 heteroatoms. The molecule has 23 heavy (non-hydrogen) atoms. The smallest absolute Gasteiger partial charge is 0.330 e. The van der Waals surface area contributed by atoms with E-state index in [-0.39, 0.29) is 11.5 Å². The number of carbonyl (C=O) groups excluding carboxylic acids is 1. The minimum absolute atomic E-state index is 0.0838. The van der Waals surface area contributed by atoms with Crippen LogP contribution in [0.5, 0.6) is 0 Å². The summed E-state index contributed by atoms with van der Waals surface area (Å²) in [6, 6.07) is 9.52. The second kappa shape index (κ2) is 7.26. The number of furan rings is 1. The highest BCUT2D eigenvalue weighted by molar-refractivity contribution is 7.86. The van der Waals surface area contributed by atoms with Gasteiger partial charge in [-0.05, 0) is 37.3 Å². The van der Waals surface area contributed by atoms with Crippen molar-refractivity contribution in [2.24, 2.45) is 0 Å². The zero-order valence-electron chi connectivity index (χ0n) is 12.7. The van der Waals surface area contributed by atoms with Crippen LogP contribution in [0.25, 0.3) is 6.08 Å². The van der Waals surface area contributed by atoms with Crippen LogP contribution in [0, 0.1) is 6.92 Å². The van der Waals surface area contributed by atoms with Gasteiger partial charge < -0.3 is 9.15 Å². The van der Waals surface area contributed by atoms with Crippen molar-refractivity contribution < 1.29 is 26.5 Å². The molecule has 0 bridgehead atoms. The average Bonchev–Trinajstić information content (AvgIpc) is 2.99. The van der Waals surface area contributed by atoms with Gasteiger partial charge in [0.25, 0.3) is 10.1 Å². The Morgan fingerprint density at radius 2 is 1.87 bits per heavy atom. The van der Waals surface area contributed by atoms with Crippen molar-refractivity contribution in [3.63, 3.8) is 0 Å². The molecule has 0 aliphatic rings. The molecule has 0 radical (unpaired) electrons. The summed E-state index contributed by atoms with van der Waals surface area (Å²) in [6.45, 7) is 1.63. The lowest BCUT2D eigenvalue weighted by Crippen LogP contribution is -2.06. The largest absolute Gasteiger partial charge is 0.466 e. The number of hydrogen-bond donors (Lipinski definition) is 0. The summed E-state index contributed by atoms with van der Waals surface area (Å²) in [5, 5.41) is 0. The quantitative estimate of drug-likeness (QED) is 0.458. The average molecular weight is 336 g/mol. The van der Waals surface area contributed by atoms with E-state index in [1.54, 1.807) is 24.3 Å². The van der Waals surface area contributed by atoms with Gasteiger partial charge in [-0.1, -0.05) is 17.7 Å². The summed E-state index contributed by atoms with van der Waals surface area (Å²) in [5.74, 6) is 0.202. The van der Waals surface area contributed by atoms with Gasteiger partial charge in [-0.25, -0.2) is 4.79 Å². The SMILES string of the molecule is COC(=O)C=Cc1ccc(COS(=O)(=O)c2ccc(C)cc2)o1. The Balaban J connectivity index is 2.00. The van der Waals surface area contributed by atoms with E-state index < -0.39 is 16.1 Å². The highest BCUT2D eigenvalue weighted by Gasteiger charge is 2.16. The van der Waals surface area contributed by atoms with E-state index in [4.69, 9.17) is 8.60 Å². The van der Waals surface area contributed by atoms with E-state index >= 15 is 0 Å². The molecule has 0 aliphatic carbocycles. The van der Waals surface area contributed by atoms with Crippen LogP contribution in [0.2, 0.25) is 0 Å². The molecule has 0 fully saturated rings. The topological polar surface area (TPSA) is 82.8 Å². The first-order valence-corrected chi connectivity index (χ1v) is 8.12. The van der Waals surface area contributed by atoms with E-state index in [1.807, 2.05) is 6.92 Å². The molecule has 122 valence electrons. The van der Waals surface area contributed by atoms with Gasteiger partial charge in [0.15, 0.2) is 0 Å². The Morgan fingerprint density at radius 3 is 2.52 bits per heavy atom. The second-order valence-electron chi connectivity index (χ2n) is 4.69. The van der Waals surface area contributed by atoms with Gasteiger partial charge in [0.05, 0.1) is 12.0 Å². The first-order chi connectivity index (χ1) is 10.9. The molecule has 1 aromatic carbocycles. The molecule has 0 aliphatic heterocycles. The summed E-state index contributed by atoms with van der Waals surface area (Å²) in [6.07, 6.45) is 2.62. The number of esters is 1. The van der Waals surface area contributed by atoms with E-state index in [0.717, 1.165) is 5.56 Å². The molecule has 0 spiro atoms. The third kappa shape index (κ3) is 4.80. The third-order valence-corrected chi connectivity index (χ3v) is 4.21. The molecular weight excluding hydrogens is 320 g/mol. The van der Waals surface area contributed by atoms with Crippen molar-refractivity contribution in [2.75, 3.05) is 7.11 Å². The minimum atomic E-state index is -3.85. The summed E-state index contributed by atoms with van der Waals surface area (Å²) < 4.78 is 38.8. The van der Waals surface area contributed by atoms with Crippen molar-refractivity contribution in [3.8, 4) is 0 Å². The zero-order chi connectivity index (χ0) is 16.9. The Hall–Kier alpha value is -2.38. The number of benzene rings is 1. The Kier molecular flexibility index (Phi) is 5.36. The van der Waals surface area contributed by atoms with Crippen LogP contribution in [0.15, 0.2) is 51.8 Å². The number of rotatable bonds is 6. The fourth-order valence-electron chi connectivity index (χ4n) is 1.69. The number of carbonyl (C=O) groups is 1. The van der Waals surface area contributed by atoms with Crippen molar-refractivity contribution >= 4 is 22.2 Å². The number of hydrogen-bond acceptors (Lipinski definition) is 6. The monoisotopic (exact) mass is 336 g/mol. The van der Waals surface area contributed by atoms with Gasteiger partial charge in [-0.15, -0.1) is 0 Å². The van der Waals surface area contributed by atoms with Crippen LogP contribution in [-0.4, -0.2) is 21.5 Å². The maximum atomic E-state index is 12.0. The Morgan fingerprint density at radius 1 is 1.17 bits per heavy atom. The van der Waals surface area contributed by atoms with Crippen molar-refractivity contribution in [3.05, 3.63) is 59.6 Å². The fraction of sp³-hybridized carbons (Fsp3) is 0.188. The van der Waals surface area contributed by atoms with Gasteiger partial charge in [-0.3, -0.25) is 4.18 Å². The standard InChI is InChI=1S/C16H16O6S/c1-12-3-8-15(9-4-12)23(18,19)21-11-14-6-5-13(22-14)7-10-16(17)20-2/h3-10H,11H2,1-2H3. The lowest BCUT2D eigenvalue weighted by atomic mass is 10.2. The van der Waals surface area contributed by atoms with Gasteiger partial charge in [0.1, 0.15) is 18.1 Å². The normalized spacial score (nSPS) is 11.7. The minimum Gasteiger partial charge on any atom is -0.466 e. The summed E-state index contributed by atoms with van der Waals surface area (Å²) in [4.78, 5) is 11.1. The molecule has 0 amide bonds. The van der Waals surface area contributed by atoms with Crippen LogP contribution in [0.1, 0.15) is 17.1 Å². The van der Waals surface area contributed by atoms with Gasteiger partial charge >= 0.3 is 5.97 Å². The zero-order valence-corrected chi connectivity index (χ0v) is 13.5. The second-order valence-corrected chi connectivity index (χ2v) is 6.31. The number of ether oxygens (including phenoxy) is 1. The molecule has 0 saturated heterocycles. The first kappa shape index (κ1) is 17.0. The maximum absolute atomic E-state index is 12.0. The first-order valence-electron chi connectivity index (χ1n) is 6.71. The fourth-order valence-corrected chi connectivity index (χ4v) is 2.57. The highest BCUT2D eigenvalue weighted by atomic mass is 32.2. The van der Waals surface area contributed by atoms with Crippen LogP contribution in [0.4, 0.5) is 0 Å². The predicted octanol–water partition coefficient (Wildman–Crippen LogP) is 2.68. The van der Waals surface area contributed by atoms with E-state index in [0.29, 0.717) is 11.5 Å².